The van der Waals surface area contributed by atoms with Gasteiger partial charge in [0.25, 0.3) is 0 Å². The first-order valence-corrected chi connectivity index (χ1v) is 8.22. The van der Waals surface area contributed by atoms with Crippen molar-refractivity contribution in [2.24, 2.45) is 0 Å². The first-order valence-electron chi connectivity index (χ1n) is 6.48. The molecule has 0 spiro atoms. The fourth-order valence-corrected chi connectivity index (χ4v) is 3.02. The number of carbonyl (C=O) groups is 1. The maximum Gasteiger partial charge on any atom is 0.230 e. The van der Waals surface area contributed by atoms with Gasteiger partial charge in [-0.15, -0.1) is 11.8 Å². The lowest BCUT2D eigenvalue weighted by Gasteiger charge is -2.06. The number of hydrogen-bond acceptors (Lipinski definition) is 3. The summed E-state index contributed by atoms with van der Waals surface area (Å²) in [7, 11) is 0. The summed E-state index contributed by atoms with van der Waals surface area (Å²) in [5, 5.41) is 4.09. The molecule has 0 unspecified atom stereocenters. The maximum atomic E-state index is 11.7. The second kappa shape index (κ2) is 8.32. The first kappa shape index (κ1) is 16.2. The van der Waals surface area contributed by atoms with Crippen LogP contribution in [0.5, 0.6) is 0 Å². The number of imidazole rings is 1. The Hall–Kier alpha value is -1.17. The highest BCUT2D eigenvalue weighted by atomic mass is 35.5. The van der Waals surface area contributed by atoms with E-state index >= 15 is 0 Å². The van der Waals surface area contributed by atoms with E-state index in [2.05, 4.69) is 15.3 Å². The molecule has 1 aromatic carbocycles. The molecule has 4 nitrogen and oxygen atoms in total. The largest absolute Gasteiger partial charge is 0.355 e. The standard InChI is InChI=1S/C14H15Cl2N3OS/c15-10-3-4-11(16)12(8-10)21-9-14(20)19-5-1-2-13-17-6-7-18-13/h3-4,6-8H,1-2,5,9H2,(H,17,18)(H,19,20). The third-order valence-corrected chi connectivity index (χ3v) is 4.45. The van der Waals surface area contributed by atoms with Crippen molar-refractivity contribution < 1.29 is 4.79 Å². The molecule has 2 aromatic rings. The minimum atomic E-state index is -0.0181. The second-order valence-electron chi connectivity index (χ2n) is 4.35. The third kappa shape index (κ3) is 5.61. The van der Waals surface area contributed by atoms with Gasteiger partial charge in [0.2, 0.25) is 5.91 Å². The zero-order valence-electron chi connectivity index (χ0n) is 11.2. The number of nitrogens with zero attached hydrogens (tertiary/aromatic N) is 1. The topological polar surface area (TPSA) is 57.8 Å². The number of halogens is 2. The number of carbonyl (C=O) groups excluding carboxylic acids is 1. The number of aromatic amines is 1. The number of nitrogens with one attached hydrogen (secondary N) is 2. The van der Waals surface area contributed by atoms with Crippen LogP contribution in [0.2, 0.25) is 10.0 Å². The van der Waals surface area contributed by atoms with Gasteiger partial charge in [0, 0.05) is 35.3 Å². The highest BCUT2D eigenvalue weighted by Crippen LogP contribution is 2.29. The normalized spacial score (nSPS) is 10.6. The lowest BCUT2D eigenvalue weighted by atomic mass is 10.3. The number of H-pyrrole nitrogens is 1. The molecule has 1 heterocycles. The van der Waals surface area contributed by atoms with Crippen LogP contribution in [0.25, 0.3) is 0 Å². The van der Waals surface area contributed by atoms with Gasteiger partial charge in [0.15, 0.2) is 0 Å². The smallest absolute Gasteiger partial charge is 0.230 e. The minimum absolute atomic E-state index is 0.0181. The molecule has 0 atom stereocenters. The van der Waals surface area contributed by atoms with Crippen LogP contribution in [0.15, 0.2) is 35.5 Å². The zero-order chi connectivity index (χ0) is 15.1. The van der Waals surface area contributed by atoms with Crippen LogP contribution in [0, 0.1) is 0 Å². The van der Waals surface area contributed by atoms with Crippen LogP contribution < -0.4 is 5.32 Å². The van der Waals surface area contributed by atoms with Crippen molar-refractivity contribution >= 4 is 40.9 Å². The number of amides is 1. The van der Waals surface area contributed by atoms with E-state index in [1.54, 1.807) is 30.6 Å². The number of aryl methyl sites for hydroxylation is 1. The second-order valence-corrected chi connectivity index (χ2v) is 6.21. The fourth-order valence-electron chi connectivity index (χ4n) is 1.70. The Bertz CT molecular complexity index is 590. The molecule has 0 bridgehead atoms. The SMILES string of the molecule is O=C(CSc1cc(Cl)ccc1Cl)NCCCc1ncc[nH]1. The fraction of sp³-hybridized carbons (Fsp3) is 0.286. The van der Waals surface area contributed by atoms with E-state index in [4.69, 9.17) is 23.2 Å². The van der Waals surface area contributed by atoms with Gasteiger partial charge in [-0.25, -0.2) is 4.98 Å². The Labute approximate surface area is 137 Å². The summed E-state index contributed by atoms with van der Waals surface area (Å²) in [4.78, 5) is 19.7. The molecule has 0 saturated carbocycles. The van der Waals surface area contributed by atoms with Crippen LogP contribution in [0.1, 0.15) is 12.2 Å². The molecular weight excluding hydrogens is 329 g/mol. The lowest BCUT2D eigenvalue weighted by molar-refractivity contribution is -0.118. The van der Waals surface area contributed by atoms with Gasteiger partial charge in [-0.2, -0.15) is 0 Å². The van der Waals surface area contributed by atoms with Crippen molar-refractivity contribution in [2.45, 2.75) is 17.7 Å². The number of hydrogen-bond donors (Lipinski definition) is 2. The number of benzene rings is 1. The Kier molecular flexibility index (Phi) is 6.42. The molecule has 2 rings (SSSR count). The molecular formula is C14H15Cl2N3OS. The molecule has 0 aliphatic heterocycles. The molecule has 7 heteroatoms. The Morgan fingerprint density at radius 2 is 2.24 bits per heavy atom. The van der Waals surface area contributed by atoms with Gasteiger partial charge in [0.1, 0.15) is 5.82 Å². The molecule has 0 fully saturated rings. The molecule has 21 heavy (non-hydrogen) atoms. The predicted octanol–water partition coefficient (Wildman–Crippen LogP) is 3.56. The van der Waals surface area contributed by atoms with E-state index in [0.29, 0.717) is 22.3 Å². The van der Waals surface area contributed by atoms with Crippen LogP contribution in [0.4, 0.5) is 0 Å². The molecule has 1 aromatic heterocycles. The number of thioether (sulfide) groups is 1. The summed E-state index contributed by atoms with van der Waals surface area (Å²) >= 11 is 13.3. The highest BCUT2D eigenvalue weighted by molar-refractivity contribution is 8.00. The van der Waals surface area contributed by atoms with E-state index in [1.165, 1.54) is 11.8 Å². The Morgan fingerprint density at radius 3 is 3.00 bits per heavy atom. The summed E-state index contributed by atoms with van der Waals surface area (Å²) in [5.74, 6) is 1.24. The third-order valence-electron chi connectivity index (χ3n) is 2.72. The predicted molar refractivity (Wildman–Crippen MR) is 87.1 cm³/mol. The molecule has 0 aliphatic rings. The van der Waals surface area contributed by atoms with E-state index in [0.717, 1.165) is 23.6 Å². The van der Waals surface area contributed by atoms with Crippen LogP contribution in [-0.4, -0.2) is 28.2 Å². The molecule has 1 amide bonds. The summed E-state index contributed by atoms with van der Waals surface area (Å²) in [6.45, 7) is 0.628. The van der Waals surface area contributed by atoms with Crippen molar-refractivity contribution in [2.75, 3.05) is 12.3 Å². The maximum absolute atomic E-state index is 11.7. The number of rotatable bonds is 7. The minimum Gasteiger partial charge on any atom is -0.355 e. The van der Waals surface area contributed by atoms with Gasteiger partial charge < -0.3 is 10.3 Å². The monoisotopic (exact) mass is 343 g/mol. The van der Waals surface area contributed by atoms with Crippen LogP contribution in [0.3, 0.4) is 0 Å². The summed E-state index contributed by atoms with van der Waals surface area (Å²) in [5.41, 5.74) is 0. The van der Waals surface area contributed by atoms with Crippen molar-refractivity contribution in [1.82, 2.24) is 15.3 Å². The Morgan fingerprint density at radius 1 is 1.38 bits per heavy atom. The van der Waals surface area contributed by atoms with E-state index in [9.17, 15) is 4.79 Å². The van der Waals surface area contributed by atoms with E-state index in [1.807, 2.05) is 0 Å². The summed E-state index contributed by atoms with van der Waals surface area (Å²) in [6, 6.07) is 5.22. The van der Waals surface area contributed by atoms with Crippen LogP contribution >= 0.6 is 35.0 Å². The van der Waals surface area contributed by atoms with Crippen LogP contribution in [-0.2, 0) is 11.2 Å². The van der Waals surface area contributed by atoms with Crippen molar-refractivity contribution in [3.05, 3.63) is 46.5 Å². The highest BCUT2D eigenvalue weighted by Gasteiger charge is 2.06. The summed E-state index contributed by atoms with van der Waals surface area (Å²) < 4.78 is 0. The lowest BCUT2D eigenvalue weighted by Crippen LogP contribution is -2.26. The van der Waals surface area contributed by atoms with Crippen molar-refractivity contribution in [3.63, 3.8) is 0 Å². The van der Waals surface area contributed by atoms with Crippen molar-refractivity contribution in [3.8, 4) is 0 Å². The molecule has 112 valence electrons. The molecule has 0 aliphatic carbocycles. The van der Waals surface area contributed by atoms with E-state index in [-0.39, 0.29) is 5.91 Å². The van der Waals surface area contributed by atoms with Crippen molar-refractivity contribution in [1.29, 1.82) is 0 Å². The van der Waals surface area contributed by atoms with E-state index < -0.39 is 0 Å². The average molecular weight is 344 g/mol. The van der Waals surface area contributed by atoms with Gasteiger partial charge in [-0.3, -0.25) is 4.79 Å². The van der Waals surface area contributed by atoms with Gasteiger partial charge in [-0.1, -0.05) is 23.2 Å². The first-order chi connectivity index (χ1) is 10.1. The number of aromatic nitrogens is 2. The van der Waals surface area contributed by atoms with Gasteiger partial charge in [0.05, 0.1) is 10.8 Å². The molecule has 2 N–H and O–H groups in total. The van der Waals surface area contributed by atoms with Gasteiger partial charge in [-0.05, 0) is 24.6 Å². The Balaban J connectivity index is 1.66. The van der Waals surface area contributed by atoms with Gasteiger partial charge >= 0.3 is 0 Å². The molecule has 0 radical (unpaired) electrons. The quantitative estimate of drug-likeness (QED) is 0.596. The average Bonchev–Trinajstić information content (AvgIpc) is 2.98. The zero-order valence-corrected chi connectivity index (χ0v) is 13.6. The summed E-state index contributed by atoms with van der Waals surface area (Å²) in [6.07, 6.45) is 5.18. The molecule has 0 saturated heterocycles.